The first-order chi connectivity index (χ1) is 10.0. The third-order valence-corrected chi connectivity index (χ3v) is 4.03. The Morgan fingerprint density at radius 3 is 2.62 bits per heavy atom. The van der Waals surface area contributed by atoms with E-state index < -0.39 is 0 Å². The van der Waals surface area contributed by atoms with Gasteiger partial charge in [-0.25, -0.2) is 0 Å². The van der Waals surface area contributed by atoms with Crippen LogP contribution in [0.15, 0.2) is 12.1 Å². The second kappa shape index (κ2) is 7.00. The molecule has 0 radical (unpaired) electrons. The van der Waals surface area contributed by atoms with Crippen LogP contribution in [-0.4, -0.2) is 32.7 Å². The van der Waals surface area contributed by atoms with Gasteiger partial charge in [0.25, 0.3) is 0 Å². The molecule has 0 saturated carbocycles. The maximum atomic E-state index is 12.3. The highest BCUT2D eigenvalue weighted by Crippen LogP contribution is 2.36. The number of halogens is 1. The molecule has 0 aliphatic carbocycles. The Hall–Kier alpha value is -1.46. The van der Waals surface area contributed by atoms with Crippen molar-refractivity contribution in [1.29, 1.82) is 0 Å². The van der Waals surface area contributed by atoms with E-state index >= 15 is 0 Å². The number of benzene rings is 1. The van der Waals surface area contributed by atoms with Crippen LogP contribution in [0.1, 0.15) is 19.8 Å². The minimum Gasteiger partial charge on any atom is -0.493 e. The number of carbonyl (C=O) groups is 1. The maximum absolute atomic E-state index is 12.3. The van der Waals surface area contributed by atoms with Crippen molar-refractivity contribution in [3.8, 4) is 11.5 Å². The molecule has 1 amide bonds. The number of amides is 1. The Morgan fingerprint density at radius 2 is 2.00 bits per heavy atom. The van der Waals surface area contributed by atoms with Gasteiger partial charge in [-0.05, 0) is 25.3 Å². The molecular formula is C15H21ClN2O3. The third-order valence-electron chi connectivity index (χ3n) is 3.71. The summed E-state index contributed by atoms with van der Waals surface area (Å²) in [5.41, 5.74) is 0.527. The van der Waals surface area contributed by atoms with Gasteiger partial charge in [0.1, 0.15) is 0 Å². The van der Waals surface area contributed by atoms with Crippen molar-refractivity contribution >= 4 is 23.2 Å². The van der Waals surface area contributed by atoms with Crippen molar-refractivity contribution in [2.45, 2.75) is 25.8 Å². The summed E-state index contributed by atoms with van der Waals surface area (Å²) in [7, 11) is 3.08. The van der Waals surface area contributed by atoms with Crippen molar-refractivity contribution < 1.29 is 14.3 Å². The van der Waals surface area contributed by atoms with Crippen LogP contribution in [0.25, 0.3) is 0 Å². The molecule has 1 fully saturated rings. The molecular weight excluding hydrogens is 292 g/mol. The second-order valence-corrected chi connectivity index (χ2v) is 5.72. The van der Waals surface area contributed by atoms with E-state index in [1.54, 1.807) is 26.4 Å². The Morgan fingerprint density at radius 1 is 1.33 bits per heavy atom. The van der Waals surface area contributed by atoms with Crippen LogP contribution in [0.4, 0.5) is 5.69 Å². The highest BCUT2D eigenvalue weighted by Gasteiger charge is 2.25. The lowest BCUT2D eigenvalue weighted by Crippen LogP contribution is -2.45. The molecule has 1 saturated heterocycles. The molecule has 6 heteroatoms. The van der Waals surface area contributed by atoms with Crippen molar-refractivity contribution in [1.82, 2.24) is 5.32 Å². The first kappa shape index (κ1) is 15.9. The van der Waals surface area contributed by atoms with Crippen LogP contribution in [-0.2, 0) is 4.79 Å². The van der Waals surface area contributed by atoms with Gasteiger partial charge in [0, 0.05) is 12.1 Å². The summed E-state index contributed by atoms with van der Waals surface area (Å²) >= 11 is 6.18. The second-order valence-electron chi connectivity index (χ2n) is 5.31. The van der Waals surface area contributed by atoms with Gasteiger partial charge in [-0.2, -0.15) is 0 Å². The fourth-order valence-corrected chi connectivity index (χ4v) is 2.68. The smallest absolute Gasteiger partial charge is 0.241 e. The molecule has 2 rings (SSSR count). The Kier molecular flexibility index (Phi) is 5.31. The Bertz CT molecular complexity index is 522. The Labute approximate surface area is 130 Å². The highest BCUT2D eigenvalue weighted by atomic mass is 35.5. The first-order valence-electron chi connectivity index (χ1n) is 7.01. The number of ether oxygens (including phenoxy) is 2. The molecule has 21 heavy (non-hydrogen) atoms. The van der Waals surface area contributed by atoms with Gasteiger partial charge in [0.15, 0.2) is 11.5 Å². The summed E-state index contributed by atoms with van der Waals surface area (Å²) in [6, 6.07) is 3.12. The van der Waals surface area contributed by atoms with Crippen LogP contribution in [0.2, 0.25) is 5.02 Å². The van der Waals surface area contributed by atoms with Gasteiger partial charge < -0.3 is 20.1 Å². The van der Waals surface area contributed by atoms with E-state index in [1.165, 1.54) is 0 Å². The lowest BCUT2D eigenvalue weighted by Gasteiger charge is -2.27. The zero-order chi connectivity index (χ0) is 15.4. The predicted molar refractivity (Wildman–Crippen MR) is 83.4 cm³/mol. The molecule has 1 aliphatic rings. The van der Waals surface area contributed by atoms with Gasteiger partial charge in [-0.3, -0.25) is 4.79 Å². The fourth-order valence-electron chi connectivity index (χ4n) is 2.48. The van der Waals surface area contributed by atoms with Crippen LogP contribution >= 0.6 is 11.6 Å². The lowest BCUT2D eigenvalue weighted by molar-refractivity contribution is -0.119. The molecule has 1 heterocycles. The predicted octanol–water partition coefficient (Wildman–Crippen LogP) is 2.68. The molecule has 2 unspecified atom stereocenters. The average Bonchev–Trinajstić information content (AvgIpc) is 2.48. The van der Waals surface area contributed by atoms with Gasteiger partial charge >= 0.3 is 0 Å². The topological polar surface area (TPSA) is 59.6 Å². The zero-order valence-electron chi connectivity index (χ0n) is 12.5. The number of carbonyl (C=O) groups excluding carboxylic acids is 1. The largest absolute Gasteiger partial charge is 0.493 e. The lowest BCUT2D eigenvalue weighted by atomic mass is 9.94. The molecule has 2 N–H and O–H groups in total. The minimum absolute atomic E-state index is 0.0735. The number of rotatable bonds is 4. The summed E-state index contributed by atoms with van der Waals surface area (Å²) in [4.78, 5) is 12.3. The average molecular weight is 313 g/mol. The molecule has 0 bridgehead atoms. The monoisotopic (exact) mass is 312 g/mol. The summed E-state index contributed by atoms with van der Waals surface area (Å²) in [5, 5.41) is 6.51. The molecule has 2 atom stereocenters. The molecule has 1 aromatic rings. The molecule has 116 valence electrons. The summed E-state index contributed by atoms with van der Waals surface area (Å²) in [5.74, 6) is 1.53. The van der Waals surface area contributed by atoms with Gasteiger partial charge in [-0.1, -0.05) is 18.5 Å². The van der Waals surface area contributed by atoms with Crippen LogP contribution in [0.5, 0.6) is 11.5 Å². The quantitative estimate of drug-likeness (QED) is 0.897. The summed E-state index contributed by atoms with van der Waals surface area (Å²) in [6.45, 7) is 3.02. The highest BCUT2D eigenvalue weighted by molar-refractivity contribution is 6.34. The molecule has 0 spiro atoms. The number of nitrogens with one attached hydrogen (secondary N) is 2. The van der Waals surface area contributed by atoms with E-state index in [-0.39, 0.29) is 11.9 Å². The van der Waals surface area contributed by atoms with Crippen molar-refractivity contribution in [3.05, 3.63) is 17.2 Å². The number of anilines is 1. The van der Waals surface area contributed by atoms with E-state index in [1.807, 2.05) is 0 Å². The van der Waals surface area contributed by atoms with E-state index in [9.17, 15) is 4.79 Å². The molecule has 1 aromatic carbocycles. The number of hydrogen-bond acceptors (Lipinski definition) is 4. The summed E-state index contributed by atoms with van der Waals surface area (Å²) < 4.78 is 10.4. The SMILES string of the molecule is COc1cc(Cl)c(NC(=O)C2CC(C)CCN2)cc1OC. The number of piperidine rings is 1. The van der Waals surface area contributed by atoms with E-state index in [0.29, 0.717) is 28.1 Å². The summed E-state index contributed by atoms with van der Waals surface area (Å²) in [6.07, 6.45) is 1.93. The van der Waals surface area contributed by atoms with Gasteiger partial charge in [0.05, 0.1) is 31.0 Å². The van der Waals surface area contributed by atoms with Crippen molar-refractivity contribution in [2.24, 2.45) is 5.92 Å². The van der Waals surface area contributed by atoms with Crippen LogP contribution < -0.4 is 20.1 Å². The van der Waals surface area contributed by atoms with Crippen molar-refractivity contribution in [2.75, 3.05) is 26.1 Å². The maximum Gasteiger partial charge on any atom is 0.241 e. The molecule has 1 aliphatic heterocycles. The molecule has 5 nitrogen and oxygen atoms in total. The van der Waals surface area contributed by atoms with Gasteiger partial charge in [-0.15, -0.1) is 0 Å². The van der Waals surface area contributed by atoms with E-state index in [4.69, 9.17) is 21.1 Å². The first-order valence-corrected chi connectivity index (χ1v) is 7.38. The minimum atomic E-state index is -0.182. The van der Waals surface area contributed by atoms with Gasteiger partial charge in [0.2, 0.25) is 5.91 Å². The van der Waals surface area contributed by atoms with Crippen LogP contribution in [0.3, 0.4) is 0 Å². The third kappa shape index (κ3) is 3.80. The van der Waals surface area contributed by atoms with E-state index in [0.717, 1.165) is 19.4 Å². The van der Waals surface area contributed by atoms with Crippen molar-refractivity contribution in [3.63, 3.8) is 0 Å². The normalized spacial score (nSPS) is 21.7. The standard InChI is InChI=1S/C15H21ClN2O3/c1-9-4-5-17-12(6-9)15(19)18-11-8-14(21-3)13(20-2)7-10(11)16/h7-9,12,17H,4-6H2,1-3H3,(H,18,19). The Balaban J connectivity index is 2.13. The number of methoxy groups -OCH3 is 2. The van der Waals surface area contributed by atoms with Crippen LogP contribution in [0, 0.1) is 5.92 Å². The zero-order valence-corrected chi connectivity index (χ0v) is 13.3. The number of hydrogen-bond donors (Lipinski definition) is 2. The fraction of sp³-hybridized carbons (Fsp3) is 0.533. The molecule has 0 aromatic heterocycles. The van der Waals surface area contributed by atoms with E-state index in [2.05, 4.69) is 17.6 Å².